The zero-order chi connectivity index (χ0) is 16.1. The molecule has 0 saturated heterocycles. The molecule has 5 heteroatoms. The van der Waals surface area contributed by atoms with Gasteiger partial charge in [0, 0.05) is 24.9 Å². The predicted molar refractivity (Wildman–Crippen MR) is 94.2 cm³/mol. The molecule has 0 fully saturated rings. The number of hydrogen-bond acceptors (Lipinski definition) is 3. The van der Waals surface area contributed by atoms with Gasteiger partial charge in [-0.3, -0.25) is 9.48 Å². The molecule has 0 radical (unpaired) electrons. The minimum atomic E-state index is -0.127. The molecule has 23 heavy (non-hydrogen) atoms. The summed E-state index contributed by atoms with van der Waals surface area (Å²) in [6, 6.07) is 14.2. The van der Waals surface area contributed by atoms with Crippen LogP contribution in [-0.2, 0) is 11.3 Å². The molecule has 0 atom stereocenters. The minimum Gasteiger partial charge on any atom is -0.356 e. The molecule has 0 saturated carbocycles. The third-order valence-electron chi connectivity index (χ3n) is 3.39. The van der Waals surface area contributed by atoms with Crippen LogP contribution in [0.3, 0.4) is 0 Å². The Labute approximate surface area is 139 Å². The number of amides is 1. The fourth-order valence-electron chi connectivity index (χ4n) is 2.26. The zero-order valence-electron chi connectivity index (χ0n) is 12.8. The van der Waals surface area contributed by atoms with Crippen molar-refractivity contribution in [1.82, 2.24) is 15.1 Å². The number of hydrogen-bond donors (Lipinski definition) is 1. The number of aromatic nitrogens is 2. The lowest BCUT2D eigenvalue weighted by molar-refractivity contribution is -0.115. The first-order valence-electron chi connectivity index (χ1n) is 7.31. The van der Waals surface area contributed by atoms with Crippen LogP contribution >= 0.6 is 11.3 Å². The second-order valence-electron chi connectivity index (χ2n) is 5.04. The molecule has 2 aromatic heterocycles. The van der Waals surface area contributed by atoms with Gasteiger partial charge in [-0.15, -0.1) is 11.3 Å². The van der Waals surface area contributed by atoms with Gasteiger partial charge in [0.15, 0.2) is 0 Å². The number of benzene rings is 1. The molecule has 1 amide bonds. The molecule has 3 aromatic rings. The van der Waals surface area contributed by atoms with Crippen LogP contribution in [0.25, 0.3) is 16.6 Å². The third kappa shape index (κ3) is 3.76. The number of carbonyl (C=O) groups is 1. The number of thiophene rings is 1. The van der Waals surface area contributed by atoms with Gasteiger partial charge in [-0.25, -0.2) is 0 Å². The van der Waals surface area contributed by atoms with E-state index in [4.69, 9.17) is 5.10 Å². The first-order chi connectivity index (χ1) is 11.3. The highest BCUT2D eigenvalue weighted by atomic mass is 32.1. The smallest absolute Gasteiger partial charge is 0.243 e. The van der Waals surface area contributed by atoms with Crippen molar-refractivity contribution in [3.8, 4) is 10.6 Å². The van der Waals surface area contributed by atoms with E-state index in [0.29, 0.717) is 6.54 Å². The highest BCUT2D eigenvalue weighted by Gasteiger charge is 2.10. The summed E-state index contributed by atoms with van der Waals surface area (Å²) >= 11 is 1.64. The van der Waals surface area contributed by atoms with Gasteiger partial charge < -0.3 is 5.32 Å². The molecule has 116 valence electrons. The van der Waals surface area contributed by atoms with Crippen LogP contribution in [-0.4, -0.2) is 22.7 Å². The summed E-state index contributed by atoms with van der Waals surface area (Å²) in [6.45, 7) is 0.701. The largest absolute Gasteiger partial charge is 0.356 e. The quantitative estimate of drug-likeness (QED) is 0.731. The average molecular weight is 323 g/mol. The van der Waals surface area contributed by atoms with Gasteiger partial charge in [-0.2, -0.15) is 5.10 Å². The molecule has 0 unspecified atom stereocenters. The van der Waals surface area contributed by atoms with Crippen LogP contribution in [0.2, 0.25) is 0 Å². The molecule has 0 aliphatic carbocycles. The van der Waals surface area contributed by atoms with Crippen LogP contribution in [0.4, 0.5) is 0 Å². The van der Waals surface area contributed by atoms with Crippen molar-refractivity contribution in [3.05, 3.63) is 71.2 Å². The van der Waals surface area contributed by atoms with Gasteiger partial charge in [0.05, 0.1) is 11.4 Å². The van der Waals surface area contributed by atoms with Crippen molar-refractivity contribution in [3.63, 3.8) is 0 Å². The van der Waals surface area contributed by atoms with Crippen LogP contribution in [0.15, 0.2) is 60.1 Å². The maximum absolute atomic E-state index is 11.5. The lowest BCUT2D eigenvalue weighted by atomic mass is 10.2. The molecular formula is C18H17N3OS. The van der Waals surface area contributed by atoms with Crippen molar-refractivity contribution in [1.29, 1.82) is 0 Å². The van der Waals surface area contributed by atoms with E-state index in [0.717, 1.165) is 16.1 Å². The molecular weight excluding hydrogens is 306 g/mol. The molecule has 1 N–H and O–H groups in total. The Morgan fingerprint density at radius 3 is 2.78 bits per heavy atom. The topological polar surface area (TPSA) is 46.9 Å². The van der Waals surface area contributed by atoms with Gasteiger partial charge in [0.2, 0.25) is 5.91 Å². The van der Waals surface area contributed by atoms with E-state index in [9.17, 15) is 4.79 Å². The number of rotatable bonds is 5. The molecule has 0 aliphatic heterocycles. The average Bonchev–Trinajstić information content (AvgIpc) is 3.23. The normalized spacial score (nSPS) is 11.0. The fraction of sp³-hybridized carbons (Fsp3) is 0.111. The Morgan fingerprint density at radius 1 is 1.26 bits per heavy atom. The molecule has 4 nitrogen and oxygen atoms in total. The summed E-state index contributed by atoms with van der Waals surface area (Å²) in [5, 5.41) is 9.31. The van der Waals surface area contributed by atoms with Crippen molar-refractivity contribution in [2.24, 2.45) is 0 Å². The standard InChI is InChI=1S/C18H17N3OS/c1-19-17(22)10-9-15-13-21(12-14-6-3-2-4-7-14)20-18(15)16-8-5-11-23-16/h2-11,13H,12H2,1H3,(H,19,22)/b10-9+. The zero-order valence-corrected chi connectivity index (χ0v) is 13.6. The molecule has 0 bridgehead atoms. The Morgan fingerprint density at radius 2 is 2.09 bits per heavy atom. The molecule has 0 aliphatic rings. The summed E-state index contributed by atoms with van der Waals surface area (Å²) in [5.74, 6) is -0.127. The van der Waals surface area contributed by atoms with Crippen molar-refractivity contribution in [2.75, 3.05) is 7.05 Å². The maximum atomic E-state index is 11.5. The van der Waals surface area contributed by atoms with Gasteiger partial charge in [0.1, 0.15) is 5.69 Å². The highest BCUT2D eigenvalue weighted by Crippen LogP contribution is 2.27. The molecule has 3 rings (SSSR count). The summed E-state index contributed by atoms with van der Waals surface area (Å²) in [6.07, 6.45) is 5.31. The lowest BCUT2D eigenvalue weighted by Gasteiger charge is -2.00. The van der Waals surface area contributed by atoms with E-state index in [-0.39, 0.29) is 5.91 Å². The maximum Gasteiger partial charge on any atom is 0.243 e. The van der Waals surface area contributed by atoms with Crippen LogP contribution in [0.1, 0.15) is 11.1 Å². The number of nitrogens with zero attached hydrogens (tertiary/aromatic N) is 2. The summed E-state index contributed by atoms with van der Waals surface area (Å²) in [4.78, 5) is 12.5. The first-order valence-corrected chi connectivity index (χ1v) is 8.19. The Bertz CT molecular complexity index is 804. The van der Waals surface area contributed by atoms with E-state index in [1.54, 1.807) is 18.4 Å². The van der Waals surface area contributed by atoms with E-state index < -0.39 is 0 Å². The van der Waals surface area contributed by atoms with Crippen molar-refractivity contribution < 1.29 is 4.79 Å². The predicted octanol–water partition coefficient (Wildman–Crippen LogP) is 3.42. The minimum absolute atomic E-state index is 0.127. The van der Waals surface area contributed by atoms with Crippen LogP contribution in [0, 0.1) is 0 Å². The Hall–Kier alpha value is -2.66. The molecule has 0 spiro atoms. The molecule has 2 heterocycles. The van der Waals surface area contributed by atoms with E-state index >= 15 is 0 Å². The SMILES string of the molecule is CNC(=O)/C=C/c1cn(Cc2ccccc2)nc1-c1cccs1. The van der Waals surface area contributed by atoms with E-state index in [2.05, 4.69) is 17.4 Å². The van der Waals surface area contributed by atoms with Crippen LogP contribution < -0.4 is 5.32 Å². The number of likely N-dealkylation sites (N-methyl/N-ethyl adjacent to an activating group) is 1. The summed E-state index contributed by atoms with van der Waals surface area (Å²) < 4.78 is 1.91. The highest BCUT2D eigenvalue weighted by molar-refractivity contribution is 7.13. The number of carbonyl (C=O) groups excluding carboxylic acids is 1. The second-order valence-corrected chi connectivity index (χ2v) is 5.99. The van der Waals surface area contributed by atoms with E-state index in [1.807, 2.05) is 52.7 Å². The van der Waals surface area contributed by atoms with Gasteiger partial charge in [-0.05, 0) is 23.1 Å². The second kappa shape index (κ2) is 7.07. The number of nitrogens with one attached hydrogen (secondary N) is 1. The first kappa shape index (κ1) is 15.2. The Balaban J connectivity index is 1.93. The van der Waals surface area contributed by atoms with Gasteiger partial charge in [0.25, 0.3) is 0 Å². The monoisotopic (exact) mass is 323 g/mol. The summed E-state index contributed by atoms with van der Waals surface area (Å²) in [5.41, 5.74) is 3.03. The van der Waals surface area contributed by atoms with Gasteiger partial charge >= 0.3 is 0 Å². The van der Waals surface area contributed by atoms with Crippen molar-refractivity contribution >= 4 is 23.3 Å². The molecule has 1 aromatic carbocycles. The lowest BCUT2D eigenvalue weighted by Crippen LogP contribution is -2.13. The van der Waals surface area contributed by atoms with Crippen molar-refractivity contribution in [2.45, 2.75) is 6.54 Å². The van der Waals surface area contributed by atoms with E-state index in [1.165, 1.54) is 11.6 Å². The Kier molecular flexibility index (Phi) is 4.68. The van der Waals surface area contributed by atoms with Crippen LogP contribution in [0.5, 0.6) is 0 Å². The fourth-order valence-corrected chi connectivity index (χ4v) is 3.00. The summed E-state index contributed by atoms with van der Waals surface area (Å²) in [7, 11) is 1.62. The third-order valence-corrected chi connectivity index (χ3v) is 4.27. The van der Waals surface area contributed by atoms with Gasteiger partial charge in [-0.1, -0.05) is 36.4 Å².